The van der Waals surface area contributed by atoms with Crippen LogP contribution in [0.15, 0.2) is 24.3 Å². The minimum atomic E-state index is -5.05. The van der Waals surface area contributed by atoms with Gasteiger partial charge < -0.3 is 20.9 Å². The van der Waals surface area contributed by atoms with Gasteiger partial charge in [-0.15, -0.1) is 13.2 Å². The van der Waals surface area contributed by atoms with Crippen molar-refractivity contribution in [2.75, 3.05) is 25.0 Å². The molecular weight excluding hydrogens is 521 g/mol. The number of nitrogens with zero attached hydrogens (tertiary/aromatic N) is 1. The van der Waals surface area contributed by atoms with Gasteiger partial charge in [0.15, 0.2) is 5.78 Å². The Hall–Kier alpha value is -3.48. The molecule has 3 N–H and O–H groups in total. The minimum absolute atomic E-state index is 0.0284. The Balaban J connectivity index is 1.51. The van der Waals surface area contributed by atoms with Crippen molar-refractivity contribution >= 4 is 35.1 Å². The molecule has 4 rings (SSSR count). The third kappa shape index (κ3) is 6.75. The molecule has 4 amide bonds. The molecule has 0 unspecified atom stereocenters. The highest BCUT2D eigenvalue weighted by atomic mass is 19.4. The summed E-state index contributed by atoms with van der Waals surface area (Å²) in [7, 11) is 0. The molecule has 0 aromatic heterocycles. The maximum absolute atomic E-state index is 13.6. The average Bonchev–Trinajstić information content (AvgIpc) is 3.58. The van der Waals surface area contributed by atoms with Crippen LogP contribution in [0.1, 0.15) is 37.7 Å². The third-order valence-corrected chi connectivity index (χ3v) is 7.77. The zero-order valence-electron chi connectivity index (χ0n) is 21.4. The van der Waals surface area contributed by atoms with E-state index < -0.39 is 54.5 Å². The number of carbonyl (C=O) groups excluding carboxylic acids is 5. The quantitative estimate of drug-likeness (QED) is 0.421. The van der Waals surface area contributed by atoms with Crippen LogP contribution in [0.5, 0.6) is 0 Å². The van der Waals surface area contributed by atoms with E-state index in [1.54, 1.807) is 31.2 Å². The van der Waals surface area contributed by atoms with Gasteiger partial charge in [-0.05, 0) is 56.1 Å². The van der Waals surface area contributed by atoms with Crippen LogP contribution in [0.25, 0.3) is 0 Å². The van der Waals surface area contributed by atoms with E-state index in [0.717, 1.165) is 18.4 Å². The molecule has 5 atom stereocenters. The van der Waals surface area contributed by atoms with Gasteiger partial charge in [-0.25, -0.2) is 0 Å². The Labute approximate surface area is 223 Å². The van der Waals surface area contributed by atoms with Crippen molar-refractivity contribution in [2.24, 2.45) is 17.8 Å². The Morgan fingerprint density at radius 3 is 2.56 bits per heavy atom. The van der Waals surface area contributed by atoms with Gasteiger partial charge in [0.25, 0.3) is 0 Å². The molecule has 1 aromatic rings. The highest BCUT2D eigenvalue weighted by Gasteiger charge is 2.51. The number of nitrogens with one attached hydrogen (secondary N) is 3. The predicted molar refractivity (Wildman–Crippen MR) is 131 cm³/mol. The fourth-order valence-electron chi connectivity index (χ4n) is 5.81. The lowest BCUT2D eigenvalue weighted by molar-refractivity contribution is -0.321. The average molecular weight is 553 g/mol. The Morgan fingerprint density at radius 1 is 1.15 bits per heavy atom. The number of fused-ring (bicyclic) bond motifs is 1. The highest BCUT2D eigenvalue weighted by Crippen LogP contribution is 2.42. The lowest BCUT2D eigenvalue weighted by Crippen LogP contribution is -2.55. The fourth-order valence-corrected chi connectivity index (χ4v) is 5.81. The largest absolute Gasteiger partial charge is 0.522 e. The van der Waals surface area contributed by atoms with Crippen LogP contribution in [-0.2, 0) is 28.7 Å². The molecule has 2 saturated heterocycles. The SMILES string of the molecule is Cc1ccccc1NC(=O)C(=O)N1C[C@@H]2CCC[C@@H]2[C@H]1C(=O)N[C@@H](C[C@@H]1CCNC1=O)C(=O)COC(F)(F)F. The molecule has 3 fully saturated rings. The zero-order chi connectivity index (χ0) is 28.3. The Kier molecular flexibility index (Phi) is 8.57. The number of hydrogen-bond donors (Lipinski definition) is 3. The summed E-state index contributed by atoms with van der Waals surface area (Å²) >= 11 is 0. The van der Waals surface area contributed by atoms with Crippen LogP contribution in [0, 0.1) is 24.7 Å². The summed E-state index contributed by atoms with van der Waals surface area (Å²) in [4.78, 5) is 65.6. The topological polar surface area (TPSA) is 134 Å². The molecule has 39 heavy (non-hydrogen) atoms. The summed E-state index contributed by atoms with van der Waals surface area (Å²) in [6, 6.07) is 4.37. The molecule has 2 heterocycles. The van der Waals surface area contributed by atoms with Gasteiger partial charge in [0, 0.05) is 24.7 Å². The van der Waals surface area contributed by atoms with Crippen LogP contribution in [0.2, 0.25) is 0 Å². The molecule has 13 heteroatoms. The van der Waals surface area contributed by atoms with Gasteiger partial charge in [-0.2, -0.15) is 0 Å². The monoisotopic (exact) mass is 552 g/mol. The number of likely N-dealkylation sites (tertiary alicyclic amines) is 1. The van der Waals surface area contributed by atoms with Crippen LogP contribution in [0.4, 0.5) is 18.9 Å². The normalized spacial score (nSPS) is 25.1. The molecule has 0 radical (unpaired) electrons. The number of anilines is 1. The van der Waals surface area contributed by atoms with Crippen molar-refractivity contribution in [3.63, 3.8) is 0 Å². The van der Waals surface area contributed by atoms with E-state index in [2.05, 4.69) is 20.7 Å². The minimum Gasteiger partial charge on any atom is -0.356 e. The van der Waals surface area contributed by atoms with Crippen LogP contribution in [0.3, 0.4) is 0 Å². The van der Waals surface area contributed by atoms with Crippen molar-refractivity contribution < 1.29 is 41.9 Å². The number of carbonyl (C=O) groups is 5. The first kappa shape index (κ1) is 28.5. The number of Topliss-reactive ketones (excluding diaryl/α,β-unsaturated/α-hetero) is 1. The third-order valence-electron chi connectivity index (χ3n) is 7.77. The van der Waals surface area contributed by atoms with E-state index in [9.17, 15) is 37.1 Å². The maximum atomic E-state index is 13.6. The second-order valence-corrected chi connectivity index (χ2v) is 10.3. The van der Waals surface area contributed by atoms with Crippen LogP contribution >= 0.6 is 0 Å². The Bertz CT molecular complexity index is 1140. The highest BCUT2D eigenvalue weighted by molar-refractivity contribution is 6.40. The van der Waals surface area contributed by atoms with Gasteiger partial charge in [-0.1, -0.05) is 24.6 Å². The molecule has 10 nitrogen and oxygen atoms in total. The van der Waals surface area contributed by atoms with Crippen molar-refractivity contribution in [2.45, 2.75) is 57.5 Å². The predicted octanol–water partition coefficient (Wildman–Crippen LogP) is 1.68. The summed E-state index contributed by atoms with van der Waals surface area (Å²) in [5.74, 6) is -4.95. The number of aryl methyl sites for hydroxylation is 1. The van der Waals surface area contributed by atoms with Gasteiger partial charge in [-0.3, -0.25) is 28.7 Å². The van der Waals surface area contributed by atoms with Gasteiger partial charge in [0.2, 0.25) is 11.8 Å². The first-order chi connectivity index (χ1) is 18.4. The van der Waals surface area contributed by atoms with E-state index in [-0.39, 0.29) is 30.7 Å². The number of hydrogen-bond acceptors (Lipinski definition) is 6. The smallest absolute Gasteiger partial charge is 0.356 e. The van der Waals surface area contributed by atoms with Gasteiger partial charge in [0.05, 0.1) is 6.04 Å². The van der Waals surface area contributed by atoms with Crippen molar-refractivity contribution in [3.05, 3.63) is 29.8 Å². The second kappa shape index (κ2) is 11.7. The van der Waals surface area contributed by atoms with Crippen molar-refractivity contribution in [1.82, 2.24) is 15.5 Å². The summed E-state index contributed by atoms with van der Waals surface area (Å²) in [5.41, 5.74) is 1.19. The first-order valence-corrected chi connectivity index (χ1v) is 12.9. The molecule has 0 bridgehead atoms. The van der Waals surface area contributed by atoms with E-state index in [4.69, 9.17) is 0 Å². The molecular formula is C26H31F3N4O6. The van der Waals surface area contributed by atoms with Crippen molar-refractivity contribution in [1.29, 1.82) is 0 Å². The molecule has 3 aliphatic rings. The number of ketones is 1. The number of halogens is 3. The number of benzene rings is 1. The standard InChI is InChI=1S/C26H31F3N4O6/c1-14-5-2-3-8-18(14)31-24(37)25(38)33-12-16-6-4-7-17(16)21(33)23(36)32-19(11-15-9-10-30-22(15)35)20(34)13-39-26(27,28)29/h2-3,5,8,15-17,19,21H,4,6-7,9-13H2,1H3,(H,30,35)(H,31,37)(H,32,36)/t15-,16-,17-,19-,21-/m0/s1. The summed E-state index contributed by atoms with van der Waals surface area (Å²) in [6.45, 7) is 0.952. The van der Waals surface area contributed by atoms with E-state index in [0.29, 0.717) is 25.1 Å². The summed E-state index contributed by atoms with van der Waals surface area (Å²) in [5, 5.41) is 7.66. The number of para-hydroxylation sites is 1. The molecule has 212 valence electrons. The van der Waals surface area contributed by atoms with Gasteiger partial charge in [0.1, 0.15) is 12.6 Å². The number of rotatable bonds is 8. The zero-order valence-corrected chi connectivity index (χ0v) is 21.4. The lowest BCUT2D eigenvalue weighted by Gasteiger charge is -2.29. The second-order valence-electron chi connectivity index (χ2n) is 10.3. The molecule has 1 aliphatic carbocycles. The first-order valence-electron chi connectivity index (χ1n) is 12.9. The van der Waals surface area contributed by atoms with Crippen molar-refractivity contribution in [3.8, 4) is 0 Å². The summed E-state index contributed by atoms with van der Waals surface area (Å²) < 4.78 is 41.4. The van der Waals surface area contributed by atoms with E-state index in [1.807, 2.05) is 0 Å². The fraction of sp³-hybridized carbons (Fsp3) is 0.577. The molecule has 2 aliphatic heterocycles. The maximum Gasteiger partial charge on any atom is 0.522 e. The lowest BCUT2D eigenvalue weighted by atomic mass is 9.92. The molecule has 1 saturated carbocycles. The van der Waals surface area contributed by atoms with E-state index >= 15 is 0 Å². The summed E-state index contributed by atoms with van der Waals surface area (Å²) in [6.07, 6.45) is -2.71. The molecule has 0 spiro atoms. The van der Waals surface area contributed by atoms with Gasteiger partial charge >= 0.3 is 18.2 Å². The number of ether oxygens (including phenoxy) is 1. The number of alkyl halides is 3. The van der Waals surface area contributed by atoms with E-state index in [1.165, 1.54) is 4.90 Å². The van der Waals surface area contributed by atoms with Crippen LogP contribution in [-0.4, -0.2) is 72.5 Å². The Morgan fingerprint density at radius 2 is 1.90 bits per heavy atom. The molecule has 1 aromatic carbocycles. The van der Waals surface area contributed by atoms with Crippen LogP contribution < -0.4 is 16.0 Å². The number of amides is 4.